The Morgan fingerprint density at radius 3 is 1.13 bits per heavy atom. The van der Waals surface area contributed by atoms with Crippen LogP contribution in [0, 0.1) is 23.2 Å². The number of rotatable bonds is 85. The van der Waals surface area contributed by atoms with Crippen LogP contribution in [0.3, 0.4) is 0 Å². The molecule has 0 unspecified atom stereocenters. The first-order valence-electron chi connectivity index (χ1n) is 44.8. The zero-order chi connectivity index (χ0) is 92.6. The minimum Gasteiger partial charge on any atom is -0.494 e. The molecule has 0 fully saturated rings. The fourth-order valence-corrected chi connectivity index (χ4v) is 12.7. The predicted octanol–water partition coefficient (Wildman–Crippen LogP) is 9.15. The van der Waals surface area contributed by atoms with Crippen molar-refractivity contribution in [3.05, 3.63) is 59.7 Å². The third kappa shape index (κ3) is 62.8. The molecule has 0 aliphatic heterocycles. The summed E-state index contributed by atoms with van der Waals surface area (Å²) in [5, 5.41) is 53.4. The summed E-state index contributed by atoms with van der Waals surface area (Å²) in [6, 6.07) is 11.3. The average molecular weight is 1790 g/mol. The third-order valence-corrected chi connectivity index (χ3v) is 20.3. The topological polar surface area (TPSA) is 501 Å². The molecule has 2 aromatic rings. The van der Waals surface area contributed by atoms with Crippen molar-refractivity contribution in [3.8, 4) is 11.5 Å². The van der Waals surface area contributed by atoms with E-state index < -0.39 is 53.1 Å². The molecule has 2 aromatic carbocycles. The Morgan fingerprint density at radius 2 is 0.690 bits per heavy atom. The van der Waals surface area contributed by atoms with Crippen molar-refractivity contribution in [2.75, 3.05) is 152 Å². The van der Waals surface area contributed by atoms with Gasteiger partial charge in [0.25, 0.3) is 0 Å². The molecule has 35 nitrogen and oxygen atoms in total. The van der Waals surface area contributed by atoms with Crippen molar-refractivity contribution in [2.24, 2.45) is 23.2 Å². The van der Waals surface area contributed by atoms with Gasteiger partial charge in [-0.05, 0) is 133 Å². The molecule has 126 heavy (non-hydrogen) atoms. The maximum Gasteiger partial charge on any atom is 0.335 e. The molecule has 0 saturated heterocycles. The second kappa shape index (κ2) is 72.8. The lowest BCUT2D eigenvalue weighted by Crippen LogP contribution is -2.41. The number of ketones is 5. The van der Waals surface area contributed by atoms with Gasteiger partial charge in [0.2, 0.25) is 35.4 Å². The number of carbonyl (C=O) groups excluding carboxylic acids is 11. The summed E-state index contributed by atoms with van der Waals surface area (Å²) in [7, 11) is 0. The standard InChI is InChI=1S/C91H144N6O29/c1-68(98)69(24-17-19-43-92-84(106)65-122-59-54-117-48-23-27-75(100)64-121-58-55-118-51-45-94-81(103)41-34-73(89(113)114)62-74(99)26-15-11-7-5-9-13-21-49-125-76-35-29-70(30-36-76)87(109)110)33-40-79(101)72(63-80(102)91(2,3)4)25-18-20-44-93-85(107)66-123-60-57-120-53-47-96-86(108)67-124-61-56-119-52-46-95-82(104)42-39-78(90(115)116)97-83(105)28-16-12-8-6-10-14-22-50-126-77-37-31-71(32-38-77)88(111)112/h29-32,35-38,69,72-73,78H,5-28,33-34,39-67H2,1-4H3,(H,92,106)(H,93,107)(H,94,103)(H,95,104)(H,96,108)(H,97,105)(H,109,110)(H,111,112)(H,113,114)(H,115,116)/t69-,72-,73-,78+/m1/s1. The van der Waals surface area contributed by atoms with Crippen LogP contribution in [0.2, 0.25) is 0 Å². The van der Waals surface area contributed by atoms with Crippen LogP contribution in [-0.2, 0) is 100 Å². The van der Waals surface area contributed by atoms with Gasteiger partial charge in [0.05, 0.1) is 103 Å². The van der Waals surface area contributed by atoms with E-state index in [0.717, 1.165) is 77.0 Å². The summed E-state index contributed by atoms with van der Waals surface area (Å²) in [4.78, 5) is 184. The first-order chi connectivity index (χ1) is 60.5. The minimum absolute atomic E-state index is 0.0370. The van der Waals surface area contributed by atoms with E-state index >= 15 is 0 Å². The SMILES string of the molecule is CC(=O)[C@H](CCCCNC(=O)COCCOCCCC(=O)COCCOCCNC(=O)CC[C@H](CC(=O)CCCCCCCCCOc1ccc(C(=O)O)cc1)C(=O)O)CCC(=O)[C@H](CCCCNC(=O)COCCOCCNC(=O)COCCOCCNC(=O)CC[C@H](NC(=O)CCCCCCCCCOc1ccc(C(=O)O)cc1)C(=O)O)CC(=O)C(C)(C)C. The van der Waals surface area contributed by atoms with Crippen molar-refractivity contribution in [1.29, 1.82) is 0 Å². The lowest BCUT2D eigenvalue weighted by Gasteiger charge is -2.22. The smallest absolute Gasteiger partial charge is 0.335 e. The Bertz CT molecular complexity index is 3460. The number of hydrogen-bond acceptors (Lipinski definition) is 25. The molecule has 0 aliphatic carbocycles. The molecule has 6 amide bonds. The average Bonchev–Trinajstić information content (AvgIpc) is 0.880. The number of amides is 6. The highest BCUT2D eigenvalue weighted by Gasteiger charge is 2.30. The first kappa shape index (κ1) is 113. The van der Waals surface area contributed by atoms with Gasteiger partial charge in [-0.2, -0.15) is 0 Å². The van der Waals surface area contributed by atoms with Crippen LogP contribution in [0.15, 0.2) is 48.5 Å². The van der Waals surface area contributed by atoms with Crippen LogP contribution >= 0.6 is 0 Å². The van der Waals surface area contributed by atoms with Crippen LogP contribution < -0.4 is 41.4 Å². The van der Waals surface area contributed by atoms with Crippen molar-refractivity contribution in [2.45, 2.75) is 239 Å². The summed E-state index contributed by atoms with van der Waals surface area (Å²) in [5.41, 5.74) is -0.244. The molecule has 0 aromatic heterocycles. The van der Waals surface area contributed by atoms with Gasteiger partial charge in [-0.15, -0.1) is 0 Å². The van der Waals surface area contributed by atoms with Gasteiger partial charge < -0.3 is 99.7 Å². The van der Waals surface area contributed by atoms with Crippen LogP contribution in [-0.4, -0.2) is 266 Å². The maximum atomic E-state index is 13.7. The van der Waals surface area contributed by atoms with Gasteiger partial charge in [0.1, 0.15) is 67.1 Å². The van der Waals surface area contributed by atoms with E-state index in [4.69, 9.17) is 57.6 Å². The second-order valence-electron chi connectivity index (χ2n) is 32.0. The van der Waals surface area contributed by atoms with E-state index in [1.54, 1.807) is 45.0 Å². The van der Waals surface area contributed by atoms with Crippen LogP contribution in [0.1, 0.15) is 254 Å². The largest absolute Gasteiger partial charge is 0.494 e. The van der Waals surface area contributed by atoms with Crippen LogP contribution in [0.5, 0.6) is 11.5 Å². The van der Waals surface area contributed by atoms with Crippen LogP contribution in [0.25, 0.3) is 0 Å². The lowest BCUT2D eigenvalue weighted by molar-refractivity contribution is -0.144. The molecule has 0 bridgehead atoms. The lowest BCUT2D eigenvalue weighted by atomic mass is 9.80. The van der Waals surface area contributed by atoms with Crippen LogP contribution in [0.4, 0.5) is 0 Å². The quantitative estimate of drug-likeness (QED) is 0.0276. The number of carboxylic acid groups (broad SMARTS) is 4. The number of Topliss-reactive ketones (excluding diaryl/α,β-unsaturated/α-hetero) is 5. The number of hydrogen-bond donors (Lipinski definition) is 10. The maximum absolute atomic E-state index is 13.7. The Hall–Kier alpha value is -9.23. The highest BCUT2D eigenvalue weighted by molar-refractivity contribution is 5.91. The summed E-state index contributed by atoms with van der Waals surface area (Å²) in [5.74, 6) is -7.49. The highest BCUT2D eigenvalue weighted by atomic mass is 16.5. The second-order valence-corrected chi connectivity index (χ2v) is 32.0. The van der Waals surface area contributed by atoms with Crippen molar-refractivity contribution in [1.82, 2.24) is 31.9 Å². The molecule has 35 heteroatoms. The van der Waals surface area contributed by atoms with E-state index in [0.29, 0.717) is 115 Å². The van der Waals surface area contributed by atoms with Crippen molar-refractivity contribution >= 4 is 88.2 Å². The number of carbonyl (C=O) groups is 15. The molecule has 0 heterocycles. The molecule has 0 saturated carbocycles. The number of unbranched alkanes of at least 4 members (excludes halogenated alkanes) is 14. The first-order valence-corrected chi connectivity index (χ1v) is 44.8. The van der Waals surface area contributed by atoms with E-state index in [-0.39, 0.29) is 252 Å². The number of aliphatic carboxylic acids is 2. The summed E-state index contributed by atoms with van der Waals surface area (Å²) >= 11 is 0. The van der Waals surface area contributed by atoms with Gasteiger partial charge >= 0.3 is 23.9 Å². The fraction of sp³-hybridized carbons (Fsp3) is 0.703. The summed E-state index contributed by atoms with van der Waals surface area (Å²) in [6.07, 6.45) is 17.3. The normalized spacial score (nSPS) is 12.2. The van der Waals surface area contributed by atoms with Gasteiger partial charge in [-0.3, -0.25) is 57.5 Å². The molecule has 4 atom stereocenters. The van der Waals surface area contributed by atoms with E-state index in [1.807, 2.05) is 0 Å². The van der Waals surface area contributed by atoms with Gasteiger partial charge in [-0.25, -0.2) is 14.4 Å². The van der Waals surface area contributed by atoms with E-state index in [1.165, 1.54) is 31.2 Å². The molecular weight excluding hydrogens is 1640 g/mol. The molecule has 712 valence electrons. The zero-order valence-corrected chi connectivity index (χ0v) is 74.8. The molecule has 10 N–H and O–H groups in total. The number of ether oxygens (including phenoxy) is 10. The van der Waals surface area contributed by atoms with E-state index in [2.05, 4.69) is 31.9 Å². The van der Waals surface area contributed by atoms with Gasteiger partial charge in [0, 0.05) is 108 Å². The number of aromatic carboxylic acids is 2. The molecule has 0 radical (unpaired) electrons. The zero-order valence-electron chi connectivity index (χ0n) is 74.8. The summed E-state index contributed by atoms with van der Waals surface area (Å²) < 4.78 is 54.8. The van der Waals surface area contributed by atoms with Gasteiger partial charge in [0.15, 0.2) is 5.78 Å². The number of carboxylic acids is 4. The van der Waals surface area contributed by atoms with Crippen molar-refractivity contribution in [3.63, 3.8) is 0 Å². The monoisotopic (exact) mass is 1780 g/mol. The van der Waals surface area contributed by atoms with Gasteiger partial charge in [-0.1, -0.05) is 97.8 Å². The minimum atomic E-state index is -1.23. The predicted molar refractivity (Wildman–Crippen MR) is 465 cm³/mol. The third-order valence-electron chi connectivity index (χ3n) is 20.3. The Morgan fingerprint density at radius 1 is 0.310 bits per heavy atom. The molecule has 0 spiro atoms. The highest BCUT2D eigenvalue weighted by Crippen LogP contribution is 2.27. The Kier molecular flexibility index (Phi) is 65.2. The fourth-order valence-electron chi connectivity index (χ4n) is 12.7. The Balaban J connectivity index is 1.42. The number of benzene rings is 2. The summed E-state index contributed by atoms with van der Waals surface area (Å²) in [6.45, 7) is 10.6. The molecular formula is C91H144N6O29. The Labute approximate surface area is 741 Å². The van der Waals surface area contributed by atoms with Crippen molar-refractivity contribution < 1.29 is 140 Å². The number of nitrogens with one attached hydrogen (secondary N) is 6. The molecule has 0 aliphatic rings. The molecule has 2 rings (SSSR count). The van der Waals surface area contributed by atoms with E-state index in [9.17, 15) is 82.1 Å².